The van der Waals surface area contributed by atoms with Gasteiger partial charge in [0, 0.05) is 6.54 Å². The van der Waals surface area contributed by atoms with Gasteiger partial charge in [0.1, 0.15) is 5.75 Å². The summed E-state index contributed by atoms with van der Waals surface area (Å²) in [5, 5.41) is 21.1. The Kier molecular flexibility index (Phi) is 5.74. The van der Waals surface area contributed by atoms with Crippen LogP contribution in [0.25, 0.3) is 0 Å². The molecule has 0 saturated heterocycles. The lowest BCUT2D eigenvalue weighted by molar-refractivity contribution is -0.136. The third-order valence-corrected chi connectivity index (χ3v) is 2.68. The first-order chi connectivity index (χ1) is 8.56. The van der Waals surface area contributed by atoms with Crippen LogP contribution in [0.3, 0.4) is 0 Å². The number of hydrogen-bond acceptors (Lipinski definition) is 4. The molecule has 0 aromatic heterocycles. The summed E-state index contributed by atoms with van der Waals surface area (Å²) in [5.41, 5.74) is 1.30. The highest BCUT2D eigenvalue weighted by Gasteiger charge is 2.08. The number of methoxy groups -OCH3 is 1. The van der Waals surface area contributed by atoms with E-state index in [1.54, 1.807) is 18.2 Å². The van der Waals surface area contributed by atoms with Crippen LogP contribution in [0.4, 0.5) is 5.69 Å². The standard InChI is InChI=1S/C12H16ClNO4/c1-18-11-3-2-8(5-12(16)17)4-10(11)14-7-9(15)6-13/h2-4,9,14-15H,5-7H2,1H3,(H,16,17). The van der Waals surface area contributed by atoms with Crippen molar-refractivity contribution in [2.24, 2.45) is 0 Å². The first-order valence-electron chi connectivity index (χ1n) is 5.43. The summed E-state index contributed by atoms with van der Waals surface area (Å²) in [4.78, 5) is 10.6. The van der Waals surface area contributed by atoms with Gasteiger partial charge in [0.15, 0.2) is 0 Å². The predicted molar refractivity (Wildman–Crippen MR) is 69.6 cm³/mol. The van der Waals surface area contributed by atoms with Crippen LogP contribution in [0, 0.1) is 0 Å². The molecule has 0 amide bonds. The normalized spacial score (nSPS) is 11.9. The van der Waals surface area contributed by atoms with Crippen LogP contribution in [0.5, 0.6) is 5.75 Å². The Hall–Kier alpha value is -1.46. The molecule has 0 aliphatic heterocycles. The number of nitrogens with one attached hydrogen (secondary N) is 1. The van der Waals surface area contributed by atoms with Gasteiger partial charge in [-0.1, -0.05) is 6.07 Å². The van der Waals surface area contributed by atoms with Crippen molar-refractivity contribution in [2.75, 3.05) is 24.9 Å². The van der Waals surface area contributed by atoms with Crippen molar-refractivity contribution in [3.63, 3.8) is 0 Å². The van der Waals surface area contributed by atoms with Crippen molar-refractivity contribution in [2.45, 2.75) is 12.5 Å². The molecule has 1 unspecified atom stereocenters. The summed E-state index contributed by atoms with van der Waals surface area (Å²) in [6, 6.07) is 5.07. The van der Waals surface area contributed by atoms with E-state index in [0.717, 1.165) is 0 Å². The monoisotopic (exact) mass is 273 g/mol. The van der Waals surface area contributed by atoms with E-state index in [0.29, 0.717) is 17.0 Å². The van der Waals surface area contributed by atoms with Gasteiger partial charge in [-0.15, -0.1) is 11.6 Å². The van der Waals surface area contributed by atoms with Gasteiger partial charge in [-0.3, -0.25) is 4.79 Å². The lowest BCUT2D eigenvalue weighted by Gasteiger charge is -2.14. The molecule has 0 bridgehead atoms. The average Bonchev–Trinajstić information content (AvgIpc) is 2.35. The van der Waals surface area contributed by atoms with Gasteiger partial charge in [-0.05, 0) is 17.7 Å². The molecular formula is C12H16ClNO4. The van der Waals surface area contributed by atoms with Gasteiger partial charge in [0.25, 0.3) is 0 Å². The maximum absolute atomic E-state index is 10.6. The Bertz CT molecular complexity index is 411. The quantitative estimate of drug-likeness (QED) is 0.653. The summed E-state index contributed by atoms with van der Waals surface area (Å²) in [7, 11) is 1.52. The van der Waals surface area contributed by atoms with Gasteiger partial charge in [-0.2, -0.15) is 0 Å². The highest BCUT2D eigenvalue weighted by atomic mass is 35.5. The lowest BCUT2D eigenvalue weighted by Crippen LogP contribution is -2.21. The number of anilines is 1. The van der Waals surface area contributed by atoms with Gasteiger partial charge >= 0.3 is 5.97 Å². The molecule has 1 aromatic carbocycles. The van der Waals surface area contributed by atoms with Gasteiger partial charge in [-0.25, -0.2) is 0 Å². The highest BCUT2D eigenvalue weighted by molar-refractivity contribution is 6.18. The zero-order chi connectivity index (χ0) is 13.5. The van der Waals surface area contributed by atoms with Crippen molar-refractivity contribution < 1.29 is 19.7 Å². The number of rotatable bonds is 7. The third kappa shape index (κ3) is 4.43. The van der Waals surface area contributed by atoms with Crippen molar-refractivity contribution in [1.29, 1.82) is 0 Å². The van der Waals surface area contributed by atoms with E-state index in [4.69, 9.17) is 21.4 Å². The number of carboxylic acid groups (broad SMARTS) is 1. The Balaban J connectivity index is 2.81. The van der Waals surface area contributed by atoms with Crippen LogP contribution >= 0.6 is 11.6 Å². The van der Waals surface area contributed by atoms with Crippen LogP contribution in [-0.4, -0.2) is 41.8 Å². The largest absolute Gasteiger partial charge is 0.495 e. The zero-order valence-electron chi connectivity index (χ0n) is 10.0. The smallest absolute Gasteiger partial charge is 0.307 e. The van der Waals surface area contributed by atoms with E-state index in [1.807, 2.05) is 0 Å². The SMILES string of the molecule is COc1ccc(CC(=O)O)cc1NCC(O)CCl. The fourth-order valence-electron chi connectivity index (χ4n) is 1.46. The first-order valence-corrected chi connectivity index (χ1v) is 5.97. The van der Waals surface area contributed by atoms with E-state index in [9.17, 15) is 9.90 Å². The third-order valence-electron chi connectivity index (χ3n) is 2.33. The number of alkyl halides is 1. The molecule has 0 heterocycles. The van der Waals surface area contributed by atoms with Gasteiger partial charge < -0.3 is 20.3 Å². The zero-order valence-corrected chi connectivity index (χ0v) is 10.8. The minimum Gasteiger partial charge on any atom is -0.495 e. The van der Waals surface area contributed by atoms with Crippen LogP contribution in [0.15, 0.2) is 18.2 Å². The fourth-order valence-corrected chi connectivity index (χ4v) is 1.57. The van der Waals surface area contributed by atoms with E-state index in [1.165, 1.54) is 7.11 Å². The van der Waals surface area contributed by atoms with E-state index in [2.05, 4.69) is 5.32 Å². The molecule has 1 aromatic rings. The molecule has 0 aliphatic carbocycles. The molecule has 0 fully saturated rings. The predicted octanol–water partition coefficient (Wildman–Crippen LogP) is 1.33. The number of aliphatic hydroxyl groups is 1. The number of aliphatic carboxylic acids is 1. The second-order valence-electron chi connectivity index (χ2n) is 3.79. The van der Waals surface area contributed by atoms with Crippen LogP contribution in [0.2, 0.25) is 0 Å². The second-order valence-corrected chi connectivity index (χ2v) is 4.10. The molecule has 0 aliphatic rings. The number of carbonyl (C=O) groups is 1. The highest BCUT2D eigenvalue weighted by Crippen LogP contribution is 2.25. The molecule has 1 atom stereocenters. The molecule has 100 valence electrons. The number of hydrogen-bond donors (Lipinski definition) is 3. The molecule has 0 spiro atoms. The molecule has 18 heavy (non-hydrogen) atoms. The van der Waals surface area contributed by atoms with E-state index < -0.39 is 12.1 Å². The van der Waals surface area contributed by atoms with Crippen molar-refractivity contribution in [3.8, 4) is 5.75 Å². The summed E-state index contributed by atoms with van der Waals surface area (Å²) >= 11 is 5.49. The number of benzene rings is 1. The Morgan fingerprint density at radius 2 is 2.28 bits per heavy atom. The van der Waals surface area contributed by atoms with E-state index >= 15 is 0 Å². The lowest BCUT2D eigenvalue weighted by atomic mass is 10.1. The van der Waals surface area contributed by atoms with Crippen LogP contribution in [-0.2, 0) is 11.2 Å². The summed E-state index contributed by atoms with van der Waals surface area (Å²) < 4.78 is 5.15. The minimum absolute atomic E-state index is 0.0588. The Morgan fingerprint density at radius 1 is 1.56 bits per heavy atom. The number of carboxylic acids is 1. The second kappa shape index (κ2) is 7.08. The Labute approximate surface area is 110 Å². The van der Waals surface area contributed by atoms with E-state index in [-0.39, 0.29) is 18.8 Å². The summed E-state index contributed by atoms with van der Waals surface area (Å²) in [5.74, 6) is -0.178. The molecule has 5 nitrogen and oxygen atoms in total. The molecule has 3 N–H and O–H groups in total. The maximum atomic E-state index is 10.6. The molecular weight excluding hydrogens is 258 g/mol. The maximum Gasteiger partial charge on any atom is 0.307 e. The molecule has 0 saturated carbocycles. The first kappa shape index (κ1) is 14.6. The summed E-state index contributed by atoms with van der Waals surface area (Å²) in [6.07, 6.45) is -0.726. The number of ether oxygens (including phenoxy) is 1. The molecule has 1 rings (SSSR count). The fraction of sp³-hybridized carbons (Fsp3) is 0.417. The number of aliphatic hydroxyl groups excluding tert-OH is 1. The average molecular weight is 274 g/mol. The van der Waals surface area contributed by atoms with Crippen LogP contribution in [0.1, 0.15) is 5.56 Å². The van der Waals surface area contributed by atoms with Crippen molar-refractivity contribution in [3.05, 3.63) is 23.8 Å². The minimum atomic E-state index is -0.896. The van der Waals surface area contributed by atoms with Crippen LogP contribution < -0.4 is 10.1 Å². The van der Waals surface area contributed by atoms with Crippen molar-refractivity contribution in [1.82, 2.24) is 0 Å². The topological polar surface area (TPSA) is 78.8 Å². The van der Waals surface area contributed by atoms with Gasteiger partial charge in [0.2, 0.25) is 0 Å². The molecule has 0 radical (unpaired) electrons. The number of halogens is 1. The van der Waals surface area contributed by atoms with Gasteiger partial charge in [0.05, 0.1) is 31.2 Å². The summed E-state index contributed by atoms with van der Waals surface area (Å²) in [6.45, 7) is 0.274. The van der Waals surface area contributed by atoms with Crippen molar-refractivity contribution >= 4 is 23.3 Å². The Morgan fingerprint density at radius 3 is 2.83 bits per heavy atom. The molecule has 6 heteroatoms.